The van der Waals surface area contributed by atoms with E-state index in [0.29, 0.717) is 5.41 Å². The molecular formula is C14H23ClN2S. The van der Waals surface area contributed by atoms with Crippen LogP contribution in [0.4, 0.5) is 0 Å². The van der Waals surface area contributed by atoms with E-state index in [9.17, 15) is 0 Å². The SMILES string of the molecule is CC1(CN(Cc2cccs2)C2CC2)CCNC1.Cl. The van der Waals surface area contributed by atoms with Crippen molar-refractivity contribution in [3.8, 4) is 0 Å². The van der Waals surface area contributed by atoms with Gasteiger partial charge in [-0.05, 0) is 42.7 Å². The molecule has 1 unspecified atom stereocenters. The van der Waals surface area contributed by atoms with Crippen molar-refractivity contribution in [1.29, 1.82) is 0 Å². The summed E-state index contributed by atoms with van der Waals surface area (Å²) in [5.74, 6) is 0. The summed E-state index contributed by atoms with van der Waals surface area (Å²) >= 11 is 1.90. The van der Waals surface area contributed by atoms with Crippen molar-refractivity contribution in [3.05, 3.63) is 22.4 Å². The van der Waals surface area contributed by atoms with Gasteiger partial charge in [0.2, 0.25) is 0 Å². The van der Waals surface area contributed by atoms with Gasteiger partial charge in [-0.3, -0.25) is 4.90 Å². The lowest BCUT2D eigenvalue weighted by Crippen LogP contribution is -2.38. The fourth-order valence-corrected chi connectivity index (χ4v) is 3.58. The van der Waals surface area contributed by atoms with Crippen molar-refractivity contribution in [3.63, 3.8) is 0 Å². The summed E-state index contributed by atoms with van der Waals surface area (Å²) in [6.07, 6.45) is 4.16. The first-order valence-electron chi connectivity index (χ1n) is 6.72. The quantitative estimate of drug-likeness (QED) is 0.895. The minimum Gasteiger partial charge on any atom is -0.316 e. The third-order valence-corrected chi connectivity index (χ3v) is 4.91. The molecule has 0 amide bonds. The van der Waals surface area contributed by atoms with E-state index in [2.05, 4.69) is 34.7 Å². The lowest BCUT2D eigenvalue weighted by Gasteiger charge is -2.31. The molecule has 1 atom stereocenters. The summed E-state index contributed by atoms with van der Waals surface area (Å²) in [7, 11) is 0. The van der Waals surface area contributed by atoms with Gasteiger partial charge >= 0.3 is 0 Å². The Hall–Kier alpha value is -0.0900. The zero-order valence-corrected chi connectivity index (χ0v) is 12.7. The van der Waals surface area contributed by atoms with E-state index in [0.717, 1.165) is 12.6 Å². The molecule has 0 aromatic carbocycles. The Bertz CT molecular complexity index is 356. The number of halogens is 1. The van der Waals surface area contributed by atoms with Gasteiger partial charge in [0.1, 0.15) is 0 Å². The molecule has 1 aromatic rings. The monoisotopic (exact) mass is 286 g/mol. The van der Waals surface area contributed by atoms with E-state index in [1.807, 2.05) is 11.3 Å². The maximum absolute atomic E-state index is 3.51. The molecule has 1 aliphatic heterocycles. The molecule has 18 heavy (non-hydrogen) atoms. The molecule has 1 saturated heterocycles. The van der Waals surface area contributed by atoms with Crippen molar-refractivity contribution in [2.45, 2.75) is 38.8 Å². The van der Waals surface area contributed by atoms with E-state index in [1.54, 1.807) is 0 Å². The Kier molecular flexibility index (Phi) is 4.70. The first-order chi connectivity index (χ1) is 8.25. The van der Waals surface area contributed by atoms with Crippen molar-refractivity contribution in [2.75, 3.05) is 19.6 Å². The van der Waals surface area contributed by atoms with Crippen LogP contribution in [0.1, 0.15) is 31.1 Å². The van der Waals surface area contributed by atoms with Gasteiger partial charge in [-0.25, -0.2) is 0 Å². The van der Waals surface area contributed by atoms with Crippen LogP contribution in [0.15, 0.2) is 17.5 Å². The first-order valence-corrected chi connectivity index (χ1v) is 7.60. The van der Waals surface area contributed by atoms with Crippen molar-refractivity contribution >= 4 is 23.7 Å². The topological polar surface area (TPSA) is 15.3 Å². The van der Waals surface area contributed by atoms with Crippen LogP contribution in [0, 0.1) is 5.41 Å². The Labute approximate surface area is 120 Å². The summed E-state index contributed by atoms with van der Waals surface area (Å²) in [4.78, 5) is 4.24. The molecule has 2 fully saturated rings. The first kappa shape index (κ1) is 14.3. The van der Waals surface area contributed by atoms with Gasteiger partial charge in [-0.1, -0.05) is 13.0 Å². The Morgan fingerprint density at radius 1 is 1.50 bits per heavy atom. The second-order valence-electron chi connectivity index (χ2n) is 5.95. The Balaban J connectivity index is 0.00000120. The number of hydrogen-bond donors (Lipinski definition) is 1. The van der Waals surface area contributed by atoms with Crippen LogP contribution in [0.3, 0.4) is 0 Å². The molecule has 0 bridgehead atoms. The molecule has 2 aliphatic rings. The number of hydrogen-bond acceptors (Lipinski definition) is 3. The average Bonchev–Trinajstić information content (AvgIpc) is 2.88. The highest BCUT2D eigenvalue weighted by molar-refractivity contribution is 7.09. The van der Waals surface area contributed by atoms with E-state index in [1.165, 1.54) is 43.8 Å². The molecule has 2 heterocycles. The molecule has 1 saturated carbocycles. The number of nitrogens with zero attached hydrogens (tertiary/aromatic N) is 1. The van der Waals surface area contributed by atoms with E-state index in [4.69, 9.17) is 0 Å². The van der Waals surface area contributed by atoms with Gasteiger partial charge in [0.15, 0.2) is 0 Å². The molecule has 2 nitrogen and oxygen atoms in total. The van der Waals surface area contributed by atoms with Crippen LogP contribution in [-0.4, -0.2) is 30.6 Å². The van der Waals surface area contributed by atoms with Crippen molar-refractivity contribution < 1.29 is 0 Å². The van der Waals surface area contributed by atoms with Crippen LogP contribution in [0.2, 0.25) is 0 Å². The molecule has 1 N–H and O–H groups in total. The van der Waals surface area contributed by atoms with Gasteiger partial charge in [-0.15, -0.1) is 23.7 Å². The lowest BCUT2D eigenvalue weighted by atomic mass is 9.89. The predicted octanol–water partition coefficient (Wildman–Crippen LogP) is 3.13. The highest BCUT2D eigenvalue weighted by atomic mass is 35.5. The van der Waals surface area contributed by atoms with Gasteiger partial charge < -0.3 is 5.32 Å². The second kappa shape index (κ2) is 5.91. The van der Waals surface area contributed by atoms with Crippen LogP contribution in [0.25, 0.3) is 0 Å². The lowest BCUT2D eigenvalue weighted by molar-refractivity contribution is 0.164. The molecule has 102 valence electrons. The average molecular weight is 287 g/mol. The summed E-state index contributed by atoms with van der Waals surface area (Å²) < 4.78 is 0. The third-order valence-electron chi connectivity index (χ3n) is 4.04. The standard InChI is InChI=1S/C14H22N2S.ClH/c1-14(6-7-15-10-14)11-16(12-4-5-12)9-13-3-2-8-17-13;/h2-3,8,12,15H,4-7,9-11H2,1H3;1H. The van der Waals surface area contributed by atoms with Crippen LogP contribution in [0.5, 0.6) is 0 Å². The maximum Gasteiger partial charge on any atom is 0.0331 e. The summed E-state index contributed by atoms with van der Waals surface area (Å²) in [5, 5.41) is 5.71. The second-order valence-corrected chi connectivity index (χ2v) is 6.99. The van der Waals surface area contributed by atoms with Crippen LogP contribution < -0.4 is 5.32 Å². The molecule has 0 spiro atoms. The maximum atomic E-state index is 3.51. The normalized spacial score (nSPS) is 27.4. The van der Waals surface area contributed by atoms with E-state index in [-0.39, 0.29) is 12.4 Å². The fourth-order valence-electron chi connectivity index (χ4n) is 2.85. The van der Waals surface area contributed by atoms with Gasteiger partial charge in [0.05, 0.1) is 0 Å². The minimum atomic E-state index is 0. The Morgan fingerprint density at radius 2 is 2.33 bits per heavy atom. The van der Waals surface area contributed by atoms with Crippen molar-refractivity contribution in [1.82, 2.24) is 10.2 Å². The number of thiophene rings is 1. The molecule has 1 aromatic heterocycles. The summed E-state index contributed by atoms with van der Waals surface area (Å²) in [5.41, 5.74) is 0.500. The molecule has 1 aliphatic carbocycles. The molecule has 4 heteroatoms. The zero-order chi connectivity index (χ0) is 11.7. The van der Waals surface area contributed by atoms with Gasteiger partial charge in [0, 0.05) is 30.6 Å². The van der Waals surface area contributed by atoms with Crippen LogP contribution >= 0.6 is 23.7 Å². The molecule has 3 rings (SSSR count). The third kappa shape index (κ3) is 3.47. The highest BCUT2D eigenvalue weighted by Crippen LogP contribution is 2.34. The highest BCUT2D eigenvalue weighted by Gasteiger charge is 2.36. The summed E-state index contributed by atoms with van der Waals surface area (Å²) in [6, 6.07) is 5.31. The Morgan fingerprint density at radius 3 is 2.89 bits per heavy atom. The van der Waals surface area contributed by atoms with Gasteiger partial charge in [-0.2, -0.15) is 0 Å². The van der Waals surface area contributed by atoms with E-state index < -0.39 is 0 Å². The largest absolute Gasteiger partial charge is 0.316 e. The zero-order valence-electron chi connectivity index (χ0n) is 11.0. The molecular weight excluding hydrogens is 264 g/mol. The molecule has 0 radical (unpaired) electrons. The van der Waals surface area contributed by atoms with Crippen molar-refractivity contribution in [2.24, 2.45) is 5.41 Å². The van der Waals surface area contributed by atoms with E-state index >= 15 is 0 Å². The number of nitrogens with one attached hydrogen (secondary N) is 1. The fraction of sp³-hybridized carbons (Fsp3) is 0.714. The van der Waals surface area contributed by atoms with Gasteiger partial charge in [0.25, 0.3) is 0 Å². The minimum absolute atomic E-state index is 0. The number of rotatable bonds is 5. The van der Waals surface area contributed by atoms with Crippen LogP contribution in [-0.2, 0) is 6.54 Å². The summed E-state index contributed by atoms with van der Waals surface area (Å²) in [6.45, 7) is 7.27. The smallest absolute Gasteiger partial charge is 0.0331 e. The predicted molar refractivity (Wildman–Crippen MR) is 80.6 cm³/mol.